The van der Waals surface area contributed by atoms with E-state index in [4.69, 9.17) is 4.74 Å². The lowest BCUT2D eigenvalue weighted by molar-refractivity contribution is -0.145. The van der Waals surface area contributed by atoms with Gasteiger partial charge < -0.3 is 14.6 Å². The number of aryl methyl sites for hydroxylation is 1. The van der Waals surface area contributed by atoms with Gasteiger partial charge in [-0.1, -0.05) is 20.8 Å². The molecule has 1 rings (SSSR count). The maximum absolute atomic E-state index is 12.2. The van der Waals surface area contributed by atoms with Gasteiger partial charge in [0.15, 0.2) is 0 Å². The molecule has 2 atom stereocenters. The van der Waals surface area contributed by atoms with E-state index in [0.29, 0.717) is 12.3 Å². The predicted molar refractivity (Wildman–Crippen MR) is 79.5 cm³/mol. The zero-order valence-electron chi connectivity index (χ0n) is 13.4. The Labute approximate surface area is 125 Å². The Hall–Kier alpha value is -1.85. The van der Waals surface area contributed by atoms with Crippen molar-refractivity contribution in [1.82, 2.24) is 14.9 Å². The smallest absolute Gasteiger partial charge is 0.328 e. The largest absolute Gasteiger partial charge is 0.467 e. The van der Waals surface area contributed by atoms with E-state index < -0.39 is 12.0 Å². The van der Waals surface area contributed by atoms with Crippen molar-refractivity contribution in [2.75, 3.05) is 7.11 Å². The highest BCUT2D eigenvalue weighted by atomic mass is 16.5. The van der Waals surface area contributed by atoms with E-state index in [1.165, 1.54) is 7.11 Å². The summed E-state index contributed by atoms with van der Waals surface area (Å²) < 4.78 is 6.60. The molecule has 0 aliphatic carbocycles. The molecule has 0 spiro atoms. The number of hydrogen-bond acceptors (Lipinski definition) is 4. The second-order valence-corrected chi connectivity index (χ2v) is 5.81. The van der Waals surface area contributed by atoms with E-state index >= 15 is 0 Å². The first-order chi connectivity index (χ1) is 9.85. The molecule has 6 nitrogen and oxygen atoms in total. The highest BCUT2D eigenvalue weighted by Gasteiger charge is 2.25. The predicted octanol–water partition coefficient (Wildman–Crippen LogP) is 1.30. The van der Waals surface area contributed by atoms with Crippen LogP contribution >= 0.6 is 0 Å². The Bertz CT molecular complexity index is 482. The normalized spacial score (nSPS) is 13.8. The number of esters is 1. The summed E-state index contributed by atoms with van der Waals surface area (Å²) in [4.78, 5) is 28.1. The average molecular weight is 295 g/mol. The third kappa shape index (κ3) is 5.21. The molecule has 1 amide bonds. The fourth-order valence-corrected chi connectivity index (χ4v) is 2.25. The molecular formula is C15H25N3O3. The zero-order chi connectivity index (χ0) is 16.0. The second kappa shape index (κ2) is 7.81. The molecule has 1 N–H and O–H groups in total. The number of rotatable bonds is 7. The van der Waals surface area contributed by atoms with Crippen molar-refractivity contribution < 1.29 is 14.3 Å². The van der Waals surface area contributed by atoms with Crippen molar-refractivity contribution in [3.8, 4) is 0 Å². The molecule has 0 bridgehead atoms. The van der Waals surface area contributed by atoms with E-state index in [2.05, 4.69) is 24.1 Å². The topological polar surface area (TPSA) is 73.2 Å². The molecule has 1 aromatic rings. The van der Waals surface area contributed by atoms with Gasteiger partial charge in [-0.15, -0.1) is 0 Å². The summed E-state index contributed by atoms with van der Waals surface area (Å²) in [6, 6.07) is -0.687. The lowest BCUT2D eigenvalue weighted by Crippen LogP contribution is -2.45. The molecule has 1 aromatic heterocycles. The molecule has 0 saturated heterocycles. The molecule has 0 fully saturated rings. The number of aromatic nitrogens is 2. The Balaban J connectivity index is 2.73. The number of nitrogens with zero attached hydrogens (tertiary/aromatic N) is 2. The number of methoxy groups -OCH3 is 1. The summed E-state index contributed by atoms with van der Waals surface area (Å²) in [5.41, 5.74) is 0.863. The SMILES string of the molecule is COC(=O)[C@H](Cc1cncn1C)NC(=O)[C@@H](C)CC(C)C. The summed E-state index contributed by atoms with van der Waals surface area (Å²) in [6.45, 7) is 6.00. The zero-order valence-corrected chi connectivity index (χ0v) is 13.4. The first-order valence-electron chi connectivity index (χ1n) is 7.18. The highest BCUT2D eigenvalue weighted by Crippen LogP contribution is 2.12. The maximum atomic E-state index is 12.2. The molecule has 21 heavy (non-hydrogen) atoms. The fraction of sp³-hybridized carbons (Fsp3) is 0.667. The van der Waals surface area contributed by atoms with E-state index in [9.17, 15) is 9.59 Å². The van der Waals surface area contributed by atoms with Crippen molar-refractivity contribution in [3.63, 3.8) is 0 Å². The quantitative estimate of drug-likeness (QED) is 0.770. The van der Waals surface area contributed by atoms with Crippen LogP contribution in [-0.2, 0) is 27.8 Å². The highest BCUT2D eigenvalue weighted by molar-refractivity contribution is 5.85. The van der Waals surface area contributed by atoms with Crippen LogP contribution in [0.2, 0.25) is 0 Å². The number of carbonyl (C=O) groups excluding carboxylic acids is 2. The molecule has 118 valence electrons. The Kier molecular flexibility index (Phi) is 6.39. The number of carbonyl (C=O) groups is 2. The van der Waals surface area contributed by atoms with Gasteiger partial charge in [-0.2, -0.15) is 0 Å². The number of ether oxygens (including phenoxy) is 1. The third-order valence-electron chi connectivity index (χ3n) is 3.40. The lowest BCUT2D eigenvalue weighted by Gasteiger charge is -2.20. The van der Waals surface area contributed by atoms with Crippen LogP contribution in [0.4, 0.5) is 0 Å². The Morgan fingerprint density at radius 1 is 1.38 bits per heavy atom. The molecule has 0 aromatic carbocycles. The minimum absolute atomic E-state index is 0.124. The van der Waals surface area contributed by atoms with Gasteiger partial charge in [-0.3, -0.25) is 4.79 Å². The summed E-state index contributed by atoms with van der Waals surface area (Å²) in [5, 5.41) is 2.78. The van der Waals surface area contributed by atoms with E-state index in [1.807, 2.05) is 18.5 Å². The summed E-state index contributed by atoms with van der Waals surface area (Å²) in [6.07, 6.45) is 4.49. The molecule has 0 unspecified atom stereocenters. The van der Waals surface area contributed by atoms with Gasteiger partial charge in [0.2, 0.25) is 5.91 Å². The van der Waals surface area contributed by atoms with Gasteiger partial charge in [-0.25, -0.2) is 9.78 Å². The van der Waals surface area contributed by atoms with Crippen molar-refractivity contribution >= 4 is 11.9 Å². The Morgan fingerprint density at radius 3 is 2.52 bits per heavy atom. The first-order valence-corrected chi connectivity index (χ1v) is 7.18. The van der Waals surface area contributed by atoms with Crippen LogP contribution in [0.25, 0.3) is 0 Å². The van der Waals surface area contributed by atoms with Crippen LogP contribution in [0.3, 0.4) is 0 Å². The van der Waals surface area contributed by atoms with Crippen LogP contribution in [0.15, 0.2) is 12.5 Å². The molecular weight excluding hydrogens is 270 g/mol. The molecule has 6 heteroatoms. The fourth-order valence-electron chi connectivity index (χ4n) is 2.25. The van der Waals surface area contributed by atoms with Gasteiger partial charge in [0.25, 0.3) is 0 Å². The van der Waals surface area contributed by atoms with Crippen LogP contribution in [-0.4, -0.2) is 34.6 Å². The van der Waals surface area contributed by atoms with E-state index in [1.54, 1.807) is 12.5 Å². The van der Waals surface area contributed by atoms with Crippen molar-refractivity contribution in [2.24, 2.45) is 18.9 Å². The van der Waals surface area contributed by atoms with Crippen molar-refractivity contribution in [1.29, 1.82) is 0 Å². The molecule has 0 aliphatic rings. The number of hydrogen-bond donors (Lipinski definition) is 1. The molecule has 0 aliphatic heterocycles. The molecule has 0 radical (unpaired) electrons. The minimum atomic E-state index is -0.687. The summed E-state index contributed by atoms with van der Waals surface area (Å²) in [5.74, 6) is -0.273. The van der Waals surface area contributed by atoms with Gasteiger partial charge in [-0.05, 0) is 12.3 Å². The maximum Gasteiger partial charge on any atom is 0.328 e. The number of amides is 1. The molecule has 1 heterocycles. The summed E-state index contributed by atoms with van der Waals surface area (Å²) in [7, 11) is 3.17. The van der Waals surface area contributed by atoms with Crippen LogP contribution in [0, 0.1) is 11.8 Å². The van der Waals surface area contributed by atoms with E-state index in [0.717, 1.165) is 12.1 Å². The monoisotopic (exact) mass is 295 g/mol. The van der Waals surface area contributed by atoms with Gasteiger partial charge in [0, 0.05) is 31.3 Å². The molecule has 0 saturated carbocycles. The first kappa shape index (κ1) is 17.2. The average Bonchev–Trinajstić information content (AvgIpc) is 2.81. The second-order valence-electron chi connectivity index (χ2n) is 5.81. The van der Waals surface area contributed by atoms with Gasteiger partial charge >= 0.3 is 5.97 Å². The van der Waals surface area contributed by atoms with Crippen molar-refractivity contribution in [2.45, 2.75) is 39.7 Å². The van der Waals surface area contributed by atoms with Gasteiger partial charge in [0.1, 0.15) is 6.04 Å². The number of imidazole rings is 1. The van der Waals surface area contributed by atoms with Crippen LogP contribution < -0.4 is 5.32 Å². The minimum Gasteiger partial charge on any atom is -0.467 e. The van der Waals surface area contributed by atoms with E-state index in [-0.39, 0.29) is 11.8 Å². The number of nitrogens with one attached hydrogen (secondary N) is 1. The van der Waals surface area contributed by atoms with Crippen molar-refractivity contribution in [3.05, 3.63) is 18.2 Å². The van der Waals surface area contributed by atoms with Crippen LogP contribution in [0.5, 0.6) is 0 Å². The third-order valence-corrected chi connectivity index (χ3v) is 3.40. The lowest BCUT2D eigenvalue weighted by atomic mass is 9.97. The Morgan fingerprint density at radius 2 is 2.05 bits per heavy atom. The van der Waals surface area contributed by atoms with Gasteiger partial charge in [0.05, 0.1) is 13.4 Å². The van der Waals surface area contributed by atoms with Crippen LogP contribution in [0.1, 0.15) is 32.9 Å². The standard InChI is InChI=1S/C15H25N3O3/c1-10(2)6-11(3)14(19)17-13(15(20)21-5)7-12-8-16-9-18(12)4/h8-11,13H,6-7H2,1-5H3,(H,17,19)/t11-,13-/m0/s1. The summed E-state index contributed by atoms with van der Waals surface area (Å²) >= 11 is 0.